The lowest BCUT2D eigenvalue weighted by Gasteiger charge is -2.26. The molecule has 1 heterocycles. The summed E-state index contributed by atoms with van der Waals surface area (Å²) in [6.45, 7) is 0.129. The standard InChI is InChI=1S/C21H24N4O6S/c1-31-17-7-5-15(6-8-17)12-23-19(26)13-24-21(28)16-3-2-4-18(11-16)32(29,30)25-10-9-22-20(27)14-25/h2-8,11H,9-10,12-14H2,1H3,(H,22,27)(H,23,26)(H,24,28). The summed E-state index contributed by atoms with van der Waals surface area (Å²) in [5.41, 5.74) is 0.963. The summed E-state index contributed by atoms with van der Waals surface area (Å²) >= 11 is 0. The molecule has 0 atom stereocenters. The number of piperazine rings is 1. The van der Waals surface area contributed by atoms with Crippen molar-refractivity contribution >= 4 is 27.7 Å². The molecule has 1 fully saturated rings. The first-order valence-corrected chi connectivity index (χ1v) is 11.3. The van der Waals surface area contributed by atoms with E-state index in [0.717, 1.165) is 9.87 Å². The number of carbonyl (C=O) groups is 3. The van der Waals surface area contributed by atoms with Crippen LogP contribution in [0.1, 0.15) is 15.9 Å². The zero-order valence-corrected chi connectivity index (χ0v) is 18.3. The summed E-state index contributed by atoms with van der Waals surface area (Å²) in [5.74, 6) is -0.648. The van der Waals surface area contributed by atoms with Gasteiger partial charge in [0.25, 0.3) is 5.91 Å². The molecule has 0 spiro atoms. The van der Waals surface area contributed by atoms with Crippen molar-refractivity contribution in [1.29, 1.82) is 0 Å². The molecule has 0 radical (unpaired) electrons. The first kappa shape index (κ1) is 23.2. The van der Waals surface area contributed by atoms with E-state index < -0.39 is 21.8 Å². The van der Waals surface area contributed by atoms with Gasteiger partial charge in [0.05, 0.1) is 25.1 Å². The van der Waals surface area contributed by atoms with Gasteiger partial charge in [-0.15, -0.1) is 0 Å². The molecular weight excluding hydrogens is 436 g/mol. The normalized spacial score (nSPS) is 14.3. The SMILES string of the molecule is COc1ccc(CNC(=O)CNC(=O)c2cccc(S(=O)(=O)N3CCNC(=O)C3)c2)cc1. The molecule has 11 heteroatoms. The van der Waals surface area contributed by atoms with Crippen LogP contribution in [0.25, 0.3) is 0 Å². The zero-order valence-electron chi connectivity index (χ0n) is 17.5. The number of nitrogens with zero attached hydrogens (tertiary/aromatic N) is 1. The minimum atomic E-state index is -3.92. The minimum absolute atomic E-state index is 0.0930. The van der Waals surface area contributed by atoms with Crippen molar-refractivity contribution in [2.24, 2.45) is 0 Å². The Morgan fingerprint density at radius 2 is 1.88 bits per heavy atom. The first-order chi connectivity index (χ1) is 15.3. The van der Waals surface area contributed by atoms with Crippen molar-refractivity contribution in [1.82, 2.24) is 20.3 Å². The van der Waals surface area contributed by atoms with Gasteiger partial charge in [-0.05, 0) is 35.9 Å². The Bertz CT molecular complexity index is 1100. The Balaban J connectivity index is 1.56. The molecule has 170 valence electrons. The highest BCUT2D eigenvalue weighted by Crippen LogP contribution is 2.18. The van der Waals surface area contributed by atoms with Gasteiger partial charge in [-0.25, -0.2) is 8.42 Å². The second kappa shape index (κ2) is 10.2. The number of rotatable bonds is 8. The molecule has 3 amide bonds. The second-order valence-corrected chi connectivity index (χ2v) is 8.96. The third-order valence-corrected chi connectivity index (χ3v) is 6.64. The zero-order chi connectivity index (χ0) is 23.1. The number of sulfonamides is 1. The molecule has 3 N–H and O–H groups in total. The van der Waals surface area contributed by atoms with Crippen molar-refractivity contribution < 1.29 is 27.5 Å². The summed E-state index contributed by atoms with van der Waals surface area (Å²) in [6, 6.07) is 12.7. The molecule has 10 nitrogen and oxygen atoms in total. The summed E-state index contributed by atoms with van der Waals surface area (Å²) in [4.78, 5) is 35.9. The fourth-order valence-electron chi connectivity index (χ4n) is 3.04. The van der Waals surface area contributed by atoms with Gasteiger partial charge in [0.1, 0.15) is 5.75 Å². The van der Waals surface area contributed by atoms with E-state index in [-0.39, 0.29) is 49.1 Å². The molecule has 0 unspecified atom stereocenters. The fraction of sp³-hybridized carbons (Fsp3) is 0.286. The van der Waals surface area contributed by atoms with Crippen molar-refractivity contribution in [3.05, 3.63) is 59.7 Å². The lowest BCUT2D eigenvalue weighted by molar-refractivity contribution is -0.122. The average Bonchev–Trinajstić information content (AvgIpc) is 2.81. The molecule has 2 aromatic rings. The highest BCUT2D eigenvalue weighted by molar-refractivity contribution is 7.89. The van der Waals surface area contributed by atoms with Crippen LogP contribution < -0.4 is 20.7 Å². The lowest BCUT2D eigenvalue weighted by atomic mass is 10.2. The Morgan fingerprint density at radius 3 is 2.56 bits per heavy atom. The molecule has 0 bridgehead atoms. The molecule has 3 rings (SSSR count). The smallest absolute Gasteiger partial charge is 0.251 e. The van der Waals surface area contributed by atoms with Gasteiger partial charge in [0, 0.05) is 25.2 Å². The van der Waals surface area contributed by atoms with E-state index in [0.29, 0.717) is 5.75 Å². The molecule has 1 aliphatic heterocycles. The van der Waals surface area contributed by atoms with E-state index in [9.17, 15) is 22.8 Å². The number of nitrogens with one attached hydrogen (secondary N) is 3. The van der Waals surface area contributed by atoms with Gasteiger partial charge in [-0.2, -0.15) is 4.31 Å². The molecule has 2 aromatic carbocycles. The molecule has 0 saturated carbocycles. The van der Waals surface area contributed by atoms with Gasteiger partial charge < -0.3 is 20.7 Å². The molecule has 1 aliphatic rings. The van der Waals surface area contributed by atoms with Gasteiger partial charge in [0.2, 0.25) is 21.8 Å². The summed E-state index contributed by atoms with van der Waals surface area (Å²) < 4.78 is 31.7. The maximum atomic E-state index is 12.8. The summed E-state index contributed by atoms with van der Waals surface area (Å²) in [6.07, 6.45) is 0. The van der Waals surface area contributed by atoms with Crippen molar-refractivity contribution in [2.75, 3.05) is 33.3 Å². The average molecular weight is 461 g/mol. The Hall–Kier alpha value is -3.44. The van der Waals surface area contributed by atoms with E-state index >= 15 is 0 Å². The van der Waals surface area contributed by atoms with Crippen molar-refractivity contribution in [2.45, 2.75) is 11.4 Å². The van der Waals surface area contributed by atoms with Crippen LogP contribution in [0, 0.1) is 0 Å². The lowest BCUT2D eigenvalue weighted by Crippen LogP contribution is -2.49. The van der Waals surface area contributed by atoms with Crippen LogP contribution in [-0.2, 0) is 26.2 Å². The number of hydrogen-bond donors (Lipinski definition) is 3. The third kappa shape index (κ3) is 5.83. The number of amides is 3. The number of carbonyl (C=O) groups excluding carboxylic acids is 3. The number of methoxy groups -OCH3 is 1. The Kier molecular flexibility index (Phi) is 7.44. The van der Waals surface area contributed by atoms with Gasteiger partial charge in [-0.1, -0.05) is 18.2 Å². The summed E-state index contributed by atoms with van der Waals surface area (Å²) in [5, 5.41) is 7.73. The molecule has 32 heavy (non-hydrogen) atoms. The van der Waals surface area contributed by atoms with Gasteiger partial charge >= 0.3 is 0 Å². The van der Waals surface area contributed by atoms with Gasteiger partial charge in [-0.3, -0.25) is 14.4 Å². The number of ether oxygens (including phenoxy) is 1. The molecular formula is C21H24N4O6S. The van der Waals surface area contributed by atoms with E-state index in [1.54, 1.807) is 19.2 Å². The largest absolute Gasteiger partial charge is 0.497 e. The van der Waals surface area contributed by atoms with Crippen LogP contribution in [0.15, 0.2) is 53.4 Å². The highest BCUT2D eigenvalue weighted by Gasteiger charge is 2.29. The Morgan fingerprint density at radius 1 is 1.12 bits per heavy atom. The molecule has 0 aromatic heterocycles. The maximum Gasteiger partial charge on any atom is 0.251 e. The van der Waals surface area contributed by atoms with Crippen LogP contribution in [-0.4, -0.2) is 63.7 Å². The van der Waals surface area contributed by atoms with Crippen molar-refractivity contribution in [3.63, 3.8) is 0 Å². The molecule has 1 saturated heterocycles. The number of hydrogen-bond acceptors (Lipinski definition) is 6. The third-order valence-electron chi connectivity index (χ3n) is 4.80. The number of benzene rings is 2. The maximum absolute atomic E-state index is 12.8. The second-order valence-electron chi connectivity index (χ2n) is 7.02. The van der Waals surface area contributed by atoms with Gasteiger partial charge in [0.15, 0.2) is 0 Å². The Labute approximate surface area is 186 Å². The highest BCUT2D eigenvalue weighted by atomic mass is 32.2. The minimum Gasteiger partial charge on any atom is -0.497 e. The molecule has 0 aliphatic carbocycles. The van der Waals surface area contributed by atoms with E-state index in [4.69, 9.17) is 4.74 Å². The quantitative estimate of drug-likeness (QED) is 0.502. The van der Waals surface area contributed by atoms with Crippen LogP contribution >= 0.6 is 0 Å². The van der Waals surface area contributed by atoms with E-state index in [2.05, 4.69) is 16.0 Å². The first-order valence-electron chi connectivity index (χ1n) is 9.84. The monoisotopic (exact) mass is 460 g/mol. The predicted molar refractivity (Wildman–Crippen MR) is 115 cm³/mol. The van der Waals surface area contributed by atoms with Crippen LogP contribution in [0.3, 0.4) is 0 Å². The van der Waals surface area contributed by atoms with Crippen LogP contribution in [0.5, 0.6) is 5.75 Å². The van der Waals surface area contributed by atoms with Crippen molar-refractivity contribution in [3.8, 4) is 5.75 Å². The topological polar surface area (TPSA) is 134 Å². The van der Waals surface area contributed by atoms with E-state index in [1.807, 2.05) is 12.1 Å². The van der Waals surface area contributed by atoms with E-state index in [1.165, 1.54) is 24.3 Å². The fourth-order valence-corrected chi connectivity index (χ4v) is 4.48. The van der Waals surface area contributed by atoms with Crippen LogP contribution in [0.2, 0.25) is 0 Å². The summed E-state index contributed by atoms with van der Waals surface area (Å²) in [7, 11) is -2.36. The predicted octanol–water partition coefficient (Wildman–Crippen LogP) is -0.138. The van der Waals surface area contributed by atoms with Crippen LogP contribution in [0.4, 0.5) is 0 Å².